The lowest BCUT2D eigenvalue weighted by Gasteiger charge is -2.05. The first-order valence-electron chi connectivity index (χ1n) is 6.68. The SMILES string of the molecule is CCCNC(=O)c1sc(NCc2cccs2)c(OC)c1N. The molecule has 0 radical (unpaired) electrons. The van der Waals surface area contributed by atoms with E-state index in [1.165, 1.54) is 16.2 Å². The fourth-order valence-electron chi connectivity index (χ4n) is 1.82. The van der Waals surface area contributed by atoms with Crippen molar-refractivity contribution in [3.05, 3.63) is 27.3 Å². The summed E-state index contributed by atoms with van der Waals surface area (Å²) in [6, 6.07) is 4.06. The van der Waals surface area contributed by atoms with Crippen LogP contribution in [0.3, 0.4) is 0 Å². The number of anilines is 2. The van der Waals surface area contributed by atoms with Crippen molar-refractivity contribution in [2.24, 2.45) is 0 Å². The molecular weight excluding hydrogens is 306 g/mol. The summed E-state index contributed by atoms with van der Waals surface area (Å²) in [6.07, 6.45) is 0.887. The highest BCUT2D eigenvalue weighted by Gasteiger charge is 2.21. The standard InChI is InChI=1S/C14H19N3O2S2/c1-3-6-16-13(18)12-10(15)11(19-2)14(21-12)17-8-9-5-4-7-20-9/h4-5,7,17H,3,6,8,15H2,1-2H3,(H,16,18). The Morgan fingerprint density at radius 2 is 2.29 bits per heavy atom. The van der Waals surface area contributed by atoms with E-state index in [1.54, 1.807) is 18.4 Å². The van der Waals surface area contributed by atoms with Gasteiger partial charge in [-0.05, 0) is 17.9 Å². The summed E-state index contributed by atoms with van der Waals surface area (Å²) >= 11 is 3.00. The molecule has 0 spiro atoms. The molecule has 0 aliphatic rings. The number of ether oxygens (including phenoxy) is 1. The van der Waals surface area contributed by atoms with Gasteiger partial charge in [0.25, 0.3) is 5.91 Å². The zero-order chi connectivity index (χ0) is 15.2. The molecule has 2 heterocycles. The molecular formula is C14H19N3O2S2. The van der Waals surface area contributed by atoms with Gasteiger partial charge in [-0.1, -0.05) is 13.0 Å². The number of hydrogen-bond donors (Lipinski definition) is 3. The molecule has 0 aromatic carbocycles. The Bertz CT molecular complexity index is 594. The van der Waals surface area contributed by atoms with Crippen LogP contribution in [0.5, 0.6) is 5.75 Å². The maximum absolute atomic E-state index is 12.1. The van der Waals surface area contributed by atoms with Crippen LogP contribution in [-0.4, -0.2) is 19.6 Å². The Morgan fingerprint density at radius 3 is 2.90 bits per heavy atom. The summed E-state index contributed by atoms with van der Waals surface area (Å²) < 4.78 is 5.33. The van der Waals surface area contributed by atoms with Gasteiger partial charge in [-0.25, -0.2) is 0 Å². The van der Waals surface area contributed by atoms with Gasteiger partial charge < -0.3 is 21.1 Å². The van der Waals surface area contributed by atoms with Gasteiger partial charge in [0.2, 0.25) is 0 Å². The summed E-state index contributed by atoms with van der Waals surface area (Å²) in [5.74, 6) is 0.389. The fourth-order valence-corrected chi connectivity index (χ4v) is 3.46. The maximum Gasteiger partial charge on any atom is 0.263 e. The molecule has 114 valence electrons. The molecule has 7 heteroatoms. The first-order chi connectivity index (χ1) is 10.2. The Kier molecular flexibility index (Phi) is 5.46. The van der Waals surface area contributed by atoms with Crippen LogP contribution in [0.25, 0.3) is 0 Å². The molecule has 0 bridgehead atoms. The van der Waals surface area contributed by atoms with Crippen molar-refractivity contribution in [1.29, 1.82) is 0 Å². The number of rotatable bonds is 7. The first kappa shape index (κ1) is 15.7. The molecule has 0 saturated heterocycles. The van der Waals surface area contributed by atoms with E-state index in [9.17, 15) is 4.79 Å². The molecule has 2 aromatic heterocycles. The zero-order valence-electron chi connectivity index (χ0n) is 12.1. The average Bonchev–Trinajstić information content (AvgIpc) is 3.10. The lowest BCUT2D eigenvalue weighted by Crippen LogP contribution is -2.23. The van der Waals surface area contributed by atoms with Gasteiger partial charge in [-0.3, -0.25) is 4.79 Å². The van der Waals surface area contributed by atoms with Gasteiger partial charge >= 0.3 is 0 Å². The molecule has 5 nitrogen and oxygen atoms in total. The second-order valence-corrected chi connectivity index (χ2v) is 6.45. The van der Waals surface area contributed by atoms with Crippen LogP contribution in [0.2, 0.25) is 0 Å². The van der Waals surface area contributed by atoms with Crippen LogP contribution in [-0.2, 0) is 6.54 Å². The highest BCUT2D eigenvalue weighted by molar-refractivity contribution is 7.19. The van der Waals surface area contributed by atoms with Crippen LogP contribution in [0.1, 0.15) is 27.9 Å². The van der Waals surface area contributed by atoms with Crippen LogP contribution in [0.4, 0.5) is 10.7 Å². The minimum atomic E-state index is -0.151. The van der Waals surface area contributed by atoms with Gasteiger partial charge in [0.05, 0.1) is 13.7 Å². The number of methoxy groups -OCH3 is 1. The normalized spacial score (nSPS) is 10.4. The fraction of sp³-hybridized carbons (Fsp3) is 0.357. The molecule has 21 heavy (non-hydrogen) atoms. The summed E-state index contributed by atoms with van der Waals surface area (Å²) in [4.78, 5) is 13.8. The number of carbonyl (C=O) groups excluding carboxylic acids is 1. The summed E-state index contributed by atoms with van der Waals surface area (Å²) in [5.41, 5.74) is 6.42. The number of thiophene rings is 2. The second-order valence-electron chi connectivity index (χ2n) is 4.40. The Morgan fingerprint density at radius 1 is 1.48 bits per heavy atom. The number of nitrogens with one attached hydrogen (secondary N) is 2. The van der Waals surface area contributed by atoms with Crippen LogP contribution >= 0.6 is 22.7 Å². The minimum absolute atomic E-state index is 0.151. The van der Waals surface area contributed by atoms with Crippen molar-refractivity contribution in [3.8, 4) is 5.75 Å². The Hall–Kier alpha value is -1.73. The first-order valence-corrected chi connectivity index (χ1v) is 8.37. The van der Waals surface area contributed by atoms with Crippen molar-refractivity contribution in [2.45, 2.75) is 19.9 Å². The van der Waals surface area contributed by atoms with Crippen molar-refractivity contribution >= 4 is 39.3 Å². The molecule has 4 N–H and O–H groups in total. The third-order valence-corrected chi connectivity index (χ3v) is 4.87. The highest BCUT2D eigenvalue weighted by Crippen LogP contribution is 2.42. The molecule has 0 fully saturated rings. The van der Waals surface area contributed by atoms with Gasteiger partial charge in [0.15, 0.2) is 5.75 Å². The number of amides is 1. The van der Waals surface area contributed by atoms with Crippen LogP contribution in [0, 0.1) is 0 Å². The van der Waals surface area contributed by atoms with E-state index < -0.39 is 0 Å². The van der Waals surface area contributed by atoms with Crippen molar-refractivity contribution < 1.29 is 9.53 Å². The third-order valence-electron chi connectivity index (χ3n) is 2.85. The molecule has 2 rings (SSSR count). The van der Waals surface area contributed by atoms with E-state index in [1.807, 2.05) is 18.4 Å². The second kappa shape index (κ2) is 7.33. The van der Waals surface area contributed by atoms with E-state index in [0.29, 0.717) is 29.4 Å². The summed E-state index contributed by atoms with van der Waals surface area (Å²) in [5, 5.41) is 8.93. The molecule has 0 aliphatic carbocycles. The molecule has 1 amide bonds. The number of hydrogen-bond acceptors (Lipinski definition) is 6. The van der Waals surface area contributed by atoms with Gasteiger partial charge in [-0.15, -0.1) is 22.7 Å². The third kappa shape index (κ3) is 3.68. The molecule has 0 saturated carbocycles. The van der Waals surface area contributed by atoms with E-state index >= 15 is 0 Å². The van der Waals surface area contributed by atoms with Crippen molar-refractivity contribution in [2.75, 3.05) is 24.7 Å². The predicted octanol–water partition coefficient (Wildman–Crippen LogP) is 3.15. The summed E-state index contributed by atoms with van der Waals surface area (Å²) in [7, 11) is 1.56. The lowest BCUT2D eigenvalue weighted by molar-refractivity contribution is 0.0958. The molecule has 0 atom stereocenters. The van der Waals surface area contributed by atoms with Crippen LogP contribution in [0.15, 0.2) is 17.5 Å². The Labute approximate surface area is 132 Å². The number of nitrogen functional groups attached to an aromatic ring is 1. The van der Waals surface area contributed by atoms with E-state index in [-0.39, 0.29) is 5.91 Å². The molecule has 2 aromatic rings. The van der Waals surface area contributed by atoms with E-state index in [2.05, 4.69) is 16.7 Å². The van der Waals surface area contributed by atoms with Gasteiger partial charge in [-0.2, -0.15) is 0 Å². The predicted molar refractivity (Wildman–Crippen MR) is 89.6 cm³/mol. The van der Waals surface area contributed by atoms with Crippen molar-refractivity contribution in [3.63, 3.8) is 0 Å². The number of carbonyl (C=O) groups is 1. The van der Waals surface area contributed by atoms with Gasteiger partial charge in [0, 0.05) is 11.4 Å². The highest BCUT2D eigenvalue weighted by atomic mass is 32.1. The van der Waals surface area contributed by atoms with Gasteiger partial charge in [0.1, 0.15) is 15.6 Å². The minimum Gasteiger partial charge on any atom is -0.492 e. The van der Waals surface area contributed by atoms with Crippen molar-refractivity contribution in [1.82, 2.24) is 5.32 Å². The molecule has 0 unspecified atom stereocenters. The maximum atomic E-state index is 12.1. The summed E-state index contributed by atoms with van der Waals surface area (Å²) in [6.45, 7) is 3.33. The smallest absolute Gasteiger partial charge is 0.263 e. The number of nitrogens with two attached hydrogens (primary N) is 1. The molecule has 0 aliphatic heterocycles. The average molecular weight is 325 g/mol. The van der Waals surface area contributed by atoms with E-state index in [4.69, 9.17) is 10.5 Å². The quantitative estimate of drug-likeness (QED) is 0.731. The van der Waals surface area contributed by atoms with E-state index in [0.717, 1.165) is 11.4 Å². The zero-order valence-corrected chi connectivity index (χ0v) is 13.7. The largest absolute Gasteiger partial charge is 0.492 e. The topological polar surface area (TPSA) is 76.4 Å². The monoisotopic (exact) mass is 325 g/mol. The lowest BCUT2D eigenvalue weighted by atomic mass is 10.3. The Balaban J connectivity index is 2.15. The van der Waals surface area contributed by atoms with Crippen LogP contribution < -0.4 is 21.1 Å².